The van der Waals surface area contributed by atoms with Gasteiger partial charge >= 0.3 is 0 Å². The van der Waals surface area contributed by atoms with Crippen molar-refractivity contribution in [1.82, 2.24) is 9.78 Å². The molecule has 1 heterocycles. The number of Topliss-reactive ketones (excluding diaryl/α,β-unsaturated/α-hetero) is 1. The molecule has 0 unspecified atom stereocenters. The van der Waals surface area contributed by atoms with Gasteiger partial charge in [0.15, 0.2) is 5.78 Å². The SMILES string of the molecule is N#Cc1ccc(C(=O)Cn2ncc(Cl)cc2=O)cc1. The van der Waals surface area contributed by atoms with E-state index in [0.717, 1.165) is 4.68 Å². The van der Waals surface area contributed by atoms with Gasteiger partial charge in [0.05, 0.1) is 22.9 Å². The Hall–Kier alpha value is -2.45. The number of nitrogens with zero attached hydrogens (tertiary/aromatic N) is 3. The largest absolute Gasteiger partial charge is 0.292 e. The summed E-state index contributed by atoms with van der Waals surface area (Å²) in [6, 6.07) is 9.34. The Morgan fingerprint density at radius 3 is 2.63 bits per heavy atom. The van der Waals surface area contributed by atoms with E-state index < -0.39 is 5.56 Å². The molecule has 2 aromatic rings. The van der Waals surface area contributed by atoms with Crippen molar-refractivity contribution >= 4 is 17.4 Å². The molecule has 94 valence electrons. The van der Waals surface area contributed by atoms with Crippen LogP contribution in [-0.4, -0.2) is 15.6 Å². The molecule has 0 N–H and O–H groups in total. The normalized spacial score (nSPS) is 9.89. The van der Waals surface area contributed by atoms with E-state index in [1.807, 2.05) is 6.07 Å². The summed E-state index contributed by atoms with van der Waals surface area (Å²) in [5.74, 6) is -0.263. The minimum absolute atomic E-state index is 0.165. The number of hydrogen-bond donors (Lipinski definition) is 0. The zero-order valence-corrected chi connectivity index (χ0v) is 10.5. The average molecular weight is 274 g/mol. The summed E-state index contributed by atoms with van der Waals surface area (Å²) in [6.45, 7) is -0.165. The van der Waals surface area contributed by atoms with Crippen LogP contribution in [0.1, 0.15) is 15.9 Å². The highest BCUT2D eigenvalue weighted by atomic mass is 35.5. The number of aromatic nitrogens is 2. The average Bonchev–Trinajstić information content (AvgIpc) is 2.42. The molecule has 0 atom stereocenters. The lowest BCUT2D eigenvalue weighted by molar-refractivity contribution is 0.0965. The Morgan fingerprint density at radius 2 is 2.05 bits per heavy atom. The third-order valence-corrected chi connectivity index (χ3v) is 2.67. The van der Waals surface area contributed by atoms with Crippen LogP contribution >= 0.6 is 11.6 Å². The zero-order chi connectivity index (χ0) is 13.8. The van der Waals surface area contributed by atoms with Crippen LogP contribution in [0.4, 0.5) is 0 Å². The Bertz CT molecular complexity index is 714. The molecule has 5 nitrogen and oxygen atoms in total. The van der Waals surface area contributed by atoms with Gasteiger partial charge in [-0.15, -0.1) is 0 Å². The van der Waals surface area contributed by atoms with Crippen LogP contribution in [0.25, 0.3) is 0 Å². The molecule has 0 aliphatic rings. The van der Waals surface area contributed by atoms with Crippen molar-refractivity contribution in [2.24, 2.45) is 0 Å². The zero-order valence-electron chi connectivity index (χ0n) is 9.71. The third kappa shape index (κ3) is 3.06. The first kappa shape index (κ1) is 13.0. The summed E-state index contributed by atoms with van der Waals surface area (Å²) < 4.78 is 1.03. The van der Waals surface area contributed by atoms with Gasteiger partial charge in [-0.25, -0.2) is 4.68 Å². The molecule has 0 saturated heterocycles. The highest BCUT2D eigenvalue weighted by Crippen LogP contribution is 2.05. The first-order valence-corrected chi connectivity index (χ1v) is 5.74. The van der Waals surface area contributed by atoms with Gasteiger partial charge in [-0.3, -0.25) is 9.59 Å². The molecule has 19 heavy (non-hydrogen) atoms. The Labute approximate surface area is 113 Å². The molecule has 0 fully saturated rings. The monoisotopic (exact) mass is 273 g/mol. The number of nitriles is 1. The van der Waals surface area contributed by atoms with Crippen LogP contribution in [0.5, 0.6) is 0 Å². The number of ketones is 1. The minimum Gasteiger partial charge on any atom is -0.292 e. The van der Waals surface area contributed by atoms with Crippen molar-refractivity contribution in [3.8, 4) is 6.07 Å². The van der Waals surface area contributed by atoms with Crippen molar-refractivity contribution in [3.05, 3.63) is 63.0 Å². The molecule has 0 aliphatic carbocycles. The van der Waals surface area contributed by atoms with E-state index in [9.17, 15) is 9.59 Å². The first-order valence-electron chi connectivity index (χ1n) is 5.36. The third-order valence-electron chi connectivity index (χ3n) is 2.47. The second-order valence-electron chi connectivity index (χ2n) is 3.78. The first-order chi connectivity index (χ1) is 9.10. The van der Waals surface area contributed by atoms with E-state index in [-0.39, 0.29) is 17.4 Å². The van der Waals surface area contributed by atoms with E-state index >= 15 is 0 Å². The molecule has 1 aromatic carbocycles. The molecular formula is C13H8ClN3O2. The van der Waals surface area contributed by atoms with Crippen LogP contribution in [0.15, 0.2) is 41.3 Å². The number of halogens is 1. The standard InChI is InChI=1S/C13H8ClN3O2/c14-11-5-13(19)17(16-7-11)8-12(18)10-3-1-9(6-15)2-4-10/h1-5,7H,8H2. The van der Waals surface area contributed by atoms with Crippen LogP contribution in [0.3, 0.4) is 0 Å². The smallest absolute Gasteiger partial charge is 0.268 e. The molecule has 0 bridgehead atoms. The number of hydrogen-bond acceptors (Lipinski definition) is 4. The van der Waals surface area contributed by atoms with Crippen LogP contribution in [0, 0.1) is 11.3 Å². The number of rotatable bonds is 3. The van der Waals surface area contributed by atoms with Crippen molar-refractivity contribution < 1.29 is 4.79 Å². The van der Waals surface area contributed by atoms with E-state index in [2.05, 4.69) is 5.10 Å². The topological polar surface area (TPSA) is 75.8 Å². The number of benzene rings is 1. The Balaban J connectivity index is 2.21. The highest BCUT2D eigenvalue weighted by Gasteiger charge is 2.09. The molecule has 0 radical (unpaired) electrons. The van der Waals surface area contributed by atoms with E-state index in [0.29, 0.717) is 11.1 Å². The van der Waals surface area contributed by atoms with E-state index in [1.165, 1.54) is 12.3 Å². The quantitative estimate of drug-likeness (QED) is 0.797. The summed E-state index contributed by atoms with van der Waals surface area (Å²) in [7, 11) is 0. The Kier molecular flexibility index (Phi) is 3.74. The van der Waals surface area contributed by atoms with E-state index in [4.69, 9.17) is 16.9 Å². The predicted molar refractivity (Wildman–Crippen MR) is 69.0 cm³/mol. The summed E-state index contributed by atoms with van der Waals surface area (Å²) >= 11 is 5.61. The van der Waals surface area contributed by atoms with Gasteiger partial charge in [0.25, 0.3) is 5.56 Å². The van der Waals surface area contributed by atoms with Crippen LogP contribution in [-0.2, 0) is 6.54 Å². The molecule has 0 saturated carbocycles. The summed E-state index contributed by atoms with van der Waals surface area (Å²) in [4.78, 5) is 23.5. The lowest BCUT2D eigenvalue weighted by atomic mass is 10.1. The maximum atomic E-state index is 11.9. The fourth-order valence-electron chi connectivity index (χ4n) is 1.49. The van der Waals surface area contributed by atoms with Gasteiger partial charge in [-0.1, -0.05) is 23.7 Å². The lowest BCUT2D eigenvalue weighted by Crippen LogP contribution is -2.25. The molecular weight excluding hydrogens is 266 g/mol. The molecule has 0 aliphatic heterocycles. The van der Waals surface area contributed by atoms with Gasteiger partial charge in [0.2, 0.25) is 0 Å². The fraction of sp³-hybridized carbons (Fsp3) is 0.0769. The van der Waals surface area contributed by atoms with Gasteiger partial charge in [-0.05, 0) is 12.1 Å². The van der Waals surface area contributed by atoms with Gasteiger partial charge in [0.1, 0.15) is 6.54 Å². The minimum atomic E-state index is -0.436. The predicted octanol–water partition coefficient (Wildman–Crippen LogP) is 1.65. The van der Waals surface area contributed by atoms with Crippen LogP contribution in [0.2, 0.25) is 5.02 Å². The molecule has 0 amide bonds. The van der Waals surface area contributed by atoms with Gasteiger partial charge < -0.3 is 0 Å². The maximum Gasteiger partial charge on any atom is 0.268 e. The number of carbonyl (C=O) groups excluding carboxylic acids is 1. The molecule has 6 heteroatoms. The summed E-state index contributed by atoms with van der Waals surface area (Å²) in [6.07, 6.45) is 1.30. The van der Waals surface area contributed by atoms with Crippen molar-refractivity contribution in [3.63, 3.8) is 0 Å². The Morgan fingerprint density at radius 1 is 1.37 bits per heavy atom. The highest BCUT2D eigenvalue weighted by molar-refractivity contribution is 6.30. The van der Waals surface area contributed by atoms with E-state index in [1.54, 1.807) is 24.3 Å². The van der Waals surface area contributed by atoms with Crippen LogP contribution < -0.4 is 5.56 Å². The van der Waals surface area contributed by atoms with Gasteiger partial charge in [-0.2, -0.15) is 10.4 Å². The molecule has 2 rings (SSSR count). The summed E-state index contributed by atoms with van der Waals surface area (Å²) in [5, 5.41) is 12.7. The fourth-order valence-corrected chi connectivity index (χ4v) is 1.63. The molecule has 1 aromatic heterocycles. The summed E-state index contributed by atoms with van der Waals surface area (Å²) in [5.41, 5.74) is 0.454. The molecule has 0 spiro atoms. The maximum absolute atomic E-state index is 11.9. The van der Waals surface area contributed by atoms with Crippen molar-refractivity contribution in [1.29, 1.82) is 5.26 Å². The van der Waals surface area contributed by atoms with Crippen molar-refractivity contribution in [2.45, 2.75) is 6.54 Å². The van der Waals surface area contributed by atoms with Gasteiger partial charge in [0, 0.05) is 11.6 Å². The second-order valence-corrected chi connectivity index (χ2v) is 4.22. The number of carbonyl (C=O) groups is 1. The lowest BCUT2D eigenvalue weighted by Gasteiger charge is -2.03. The van der Waals surface area contributed by atoms with Crippen molar-refractivity contribution in [2.75, 3.05) is 0 Å². The second kappa shape index (κ2) is 5.46.